The Labute approximate surface area is 112 Å². The highest BCUT2D eigenvalue weighted by Crippen LogP contribution is 2.30. The molecule has 1 fully saturated rings. The molecule has 1 saturated heterocycles. The van der Waals surface area contributed by atoms with Crippen LogP contribution in [-0.4, -0.2) is 30.1 Å². The average Bonchev–Trinajstić information content (AvgIpc) is 2.38. The van der Waals surface area contributed by atoms with Crippen LogP contribution in [-0.2, 0) is 4.79 Å². The molecule has 0 spiro atoms. The Balaban J connectivity index is 2.42. The summed E-state index contributed by atoms with van der Waals surface area (Å²) in [6.07, 6.45) is -0.101. The molecule has 2 atom stereocenters. The summed E-state index contributed by atoms with van der Waals surface area (Å²) in [6, 6.07) is 4.06. The van der Waals surface area contributed by atoms with Crippen molar-refractivity contribution < 1.29 is 14.3 Å². The molecule has 1 aromatic rings. The molecule has 0 bridgehead atoms. The molecule has 2 rings (SSSR count). The molecular formula is C14H19FN2O2. The zero-order valence-electron chi connectivity index (χ0n) is 11.2. The van der Waals surface area contributed by atoms with Crippen LogP contribution in [0.1, 0.15) is 31.9 Å². The standard InChI is InChI=1S/C14H19FN2O2/c1-3-12-14(19)16-6-7-17(12)13-5-4-10(15)8-11(13)9(2)18/h4-5,8-9,12,18H,3,6-7H2,1-2H3,(H,16,19). The molecule has 1 aromatic carbocycles. The van der Waals surface area contributed by atoms with Gasteiger partial charge in [0, 0.05) is 24.3 Å². The normalized spacial score (nSPS) is 21.2. The lowest BCUT2D eigenvalue weighted by molar-refractivity contribution is -0.123. The third kappa shape index (κ3) is 2.71. The number of hydrogen-bond acceptors (Lipinski definition) is 3. The van der Waals surface area contributed by atoms with E-state index in [-0.39, 0.29) is 17.8 Å². The fourth-order valence-electron chi connectivity index (χ4n) is 2.53. The first-order valence-electron chi connectivity index (χ1n) is 6.56. The monoisotopic (exact) mass is 266 g/mol. The second-order valence-corrected chi connectivity index (χ2v) is 4.79. The number of nitrogens with zero attached hydrogens (tertiary/aromatic N) is 1. The number of hydrogen-bond donors (Lipinski definition) is 2. The van der Waals surface area contributed by atoms with Crippen LogP contribution >= 0.6 is 0 Å². The predicted molar refractivity (Wildman–Crippen MR) is 71.5 cm³/mol. The number of halogens is 1. The fourth-order valence-corrected chi connectivity index (χ4v) is 2.53. The van der Waals surface area contributed by atoms with Crippen LogP contribution in [0.5, 0.6) is 0 Å². The van der Waals surface area contributed by atoms with Crippen LogP contribution in [0.15, 0.2) is 18.2 Å². The molecule has 5 heteroatoms. The smallest absolute Gasteiger partial charge is 0.242 e. The average molecular weight is 266 g/mol. The van der Waals surface area contributed by atoms with Crippen molar-refractivity contribution in [2.24, 2.45) is 0 Å². The molecule has 19 heavy (non-hydrogen) atoms. The Morgan fingerprint density at radius 1 is 1.58 bits per heavy atom. The molecular weight excluding hydrogens is 247 g/mol. The topological polar surface area (TPSA) is 52.6 Å². The molecule has 2 unspecified atom stereocenters. The largest absolute Gasteiger partial charge is 0.389 e. The van der Waals surface area contributed by atoms with Gasteiger partial charge in [0.15, 0.2) is 0 Å². The minimum absolute atomic E-state index is 0.0189. The van der Waals surface area contributed by atoms with Gasteiger partial charge in [0.2, 0.25) is 5.91 Å². The van der Waals surface area contributed by atoms with Gasteiger partial charge in [-0.25, -0.2) is 4.39 Å². The van der Waals surface area contributed by atoms with E-state index in [0.29, 0.717) is 25.1 Å². The van der Waals surface area contributed by atoms with E-state index in [1.54, 1.807) is 13.0 Å². The van der Waals surface area contributed by atoms with E-state index >= 15 is 0 Å². The SMILES string of the molecule is CCC1C(=O)NCCN1c1ccc(F)cc1C(C)O. The third-order valence-corrected chi connectivity index (χ3v) is 3.47. The molecule has 1 aliphatic heterocycles. The number of anilines is 1. The molecule has 0 aliphatic carbocycles. The number of carbonyl (C=O) groups is 1. The fraction of sp³-hybridized carbons (Fsp3) is 0.500. The number of nitrogens with one attached hydrogen (secondary N) is 1. The molecule has 104 valence electrons. The summed E-state index contributed by atoms with van der Waals surface area (Å²) in [5.41, 5.74) is 1.26. The molecule has 0 saturated carbocycles. The number of benzene rings is 1. The van der Waals surface area contributed by atoms with Crippen LogP contribution in [0.4, 0.5) is 10.1 Å². The van der Waals surface area contributed by atoms with Crippen molar-refractivity contribution in [3.05, 3.63) is 29.6 Å². The Morgan fingerprint density at radius 2 is 2.32 bits per heavy atom. The van der Waals surface area contributed by atoms with Gasteiger partial charge in [-0.2, -0.15) is 0 Å². The van der Waals surface area contributed by atoms with Crippen LogP contribution in [0, 0.1) is 5.82 Å². The predicted octanol–water partition coefficient (Wildman–Crippen LogP) is 1.59. The minimum Gasteiger partial charge on any atom is -0.389 e. The lowest BCUT2D eigenvalue weighted by Crippen LogP contribution is -2.55. The Hall–Kier alpha value is -1.62. The van der Waals surface area contributed by atoms with Gasteiger partial charge in [-0.1, -0.05) is 6.92 Å². The number of aliphatic hydroxyl groups is 1. The van der Waals surface area contributed by atoms with E-state index in [1.165, 1.54) is 12.1 Å². The zero-order valence-corrected chi connectivity index (χ0v) is 11.2. The number of carbonyl (C=O) groups excluding carboxylic acids is 1. The van der Waals surface area contributed by atoms with Crippen LogP contribution in [0.2, 0.25) is 0 Å². The minimum atomic E-state index is -0.770. The van der Waals surface area contributed by atoms with E-state index in [0.717, 1.165) is 5.69 Å². The highest BCUT2D eigenvalue weighted by atomic mass is 19.1. The first kappa shape index (κ1) is 13.8. The molecule has 4 nitrogen and oxygen atoms in total. The van der Waals surface area contributed by atoms with Crippen molar-refractivity contribution in [1.82, 2.24) is 5.32 Å². The Kier molecular flexibility index (Phi) is 4.04. The van der Waals surface area contributed by atoms with Crippen molar-refractivity contribution in [1.29, 1.82) is 0 Å². The molecule has 2 N–H and O–H groups in total. The van der Waals surface area contributed by atoms with E-state index in [1.807, 2.05) is 11.8 Å². The summed E-state index contributed by atoms with van der Waals surface area (Å²) < 4.78 is 13.3. The summed E-state index contributed by atoms with van der Waals surface area (Å²) in [7, 11) is 0. The van der Waals surface area contributed by atoms with Crippen molar-refractivity contribution >= 4 is 11.6 Å². The van der Waals surface area contributed by atoms with E-state index in [9.17, 15) is 14.3 Å². The van der Waals surface area contributed by atoms with Crippen LogP contribution in [0.3, 0.4) is 0 Å². The maximum Gasteiger partial charge on any atom is 0.242 e. The highest BCUT2D eigenvalue weighted by Gasteiger charge is 2.30. The molecule has 0 aromatic heterocycles. The summed E-state index contributed by atoms with van der Waals surface area (Å²) in [6.45, 7) is 4.76. The molecule has 1 amide bonds. The van der Waals surface area contributed by atoms with Crippen LogP contribution < -0.4 is 10.2 Å². The number of rotatable bonds is 3. The van der Waals surface area contributed by atoms with Gasteiger partial charge >= 0.3 is 0 Å². The van der Waals surface area contributed by atoms with Crippen molar-refractivity contribution in [2.75, 3.05) is 18.0 Å². The van der Waals surface area contributed by atoms with Crippen LogP contribution in [0.25, 0.3) is 0 Å². The molecule has 1 aliphatic rings. The Morgan fingerprint density at radius 3 is 2.95 bits per heavy atom. The lowest BCUT2D eigenvalue weighted by Gasteiger charge is -2.37. The second-order valence-electron chi connectivity index (χ2n) is 4.79. The van der Waals surface area contributed by atoms with Gasteiger partial charge in [0.1, 0.15) is 11.9 Å². The van der Waals surface area contributed by atoms with Gasteiger partial charge in [0.25, 0.3) is 0 Å². The van der Waals surface area contributed by atoms with E-state index in [2.05, 4.69) is 5.32 Å². The van der Waals surface area contributed by atoms with Crippen molar-refractivity contribution in [2.45, 2.75) is 32.4 Å². The maximum atomic E-state index is 13.3. The molecule has 1 heterocycles. The maximum absolute atomic E-state index is 13.3. The zero-order chi connectivity index (χ0) is 14.0. The van der Waals surface area contributed by atoms with Gasteiger partial charge in [-0.3, -0.25) is 4.79 Å². The number of aliphatic hydroxyl groups excluding tert-OH is 1. The molecule has 0 radical (unpaired) electrons. The van der Waals surface area contributed by atoms with Gasteiger partial charge in [-0.15, -0.1) is 0 Å². The third-order valence-electron chi connectivity index (χ3n) is 3.47. The van der Waals surface area contributed by atoms with E-state index < -0.39 is 6.10 Å². The lowest BCUT2D eigenvalue weighted by atomic mass is 10.0. The van der Waals surface area contributed by atoms with Crippen molar-refractivity contribution in [3.63, 3.8) is 0 Å². The summed E-state index contributed by atoms with van der Waals surface area (Å²) >= 11 is 0. The van der Waals surface area contributed by atoms with Gasteiger partial charge in [0.05, 0.1) is 6.10 Å². The van der Waals surface area contributed by atoms with Gasteiger partial charge in [-0.05, 0) is 31.5 Å². The summed E-state index contributed by atoms with van der Waals surface area (Å²) in [5.74, 6) is -0.399. The Bertz CT molecular complexity index is 477. The first-order chi connectivity index (χ1) is 9.04. The summed E-state index contributed by atoms with van der Waals surface area (Å²) in [4.78, 5) is 13.8. The van der Waals surface area contributed by atoms with Gasteiger partial charge < -0.3 is 15.3 Å². The van der Waals surface area contributed by atoms with Crippen molar-refractivity contribution in [3.8, 4) is 0 Å². The summed E-state index contributed by atoms with van der Waals surface area (Å²) in [5, 5.41) is 12.6. The van der Waals surface area contributed by atoms with E-state index in [4.69, 9.17) is 0 Å². The first-order valence-corrected chi connectivity index (χ1v) is 6.56. The number of amides is 1. The quantitative estimate of drug-likeness (QED) is 0.873. The number of piperazine rings is 1. The second kappa shape index (κ2) is 5.57. The highest BCUT2D eigenvalue weighted by molar-refractivity contribution is 5.86.